The standard InChI is InChI=1S/C15H20N2O2/c1-9(13-7-10-2-3-11(13)6-10)17-15(19)12-4-5-14(18)16-8-12/h4-5,8-11,13H,2-3,6-7H2,1H3,(H,16,18)(H,17,19)/t9-,10-,11-,13-/m1/s1. The van der Waals surface area contributed by atoms with Gasteiger partial charge in [-0.05, 0) is 50.0 Å². The number of aromatic amines is 1. The van der Waals surface area contributed by atoms with E-state index in [0.717, 1.165) is 11.8 Å². The van der Waals surface area contributed by atoms with Gasteiger partial charge in [-0.15, -0.1) is 0 Å². The lowest BCUT2D eigenvalue weighted by Gasteiger charge is -2.28. The van der Waals surface area contributed by atoms with Gasteiger partial charge in [0.15, 0.2) is 0 Å². The Morgan fingerprint density at radius 1 is 1.37 bits per heavy atom. The fourth-order valence-corrected chi connectivity index (χ4v) is 3.86. The highest BCUT2D eigenvalue weighted by Gasteiger charge is 2.42. The second-order valence-corrected chi connectivity index (χ2v) is 6.04. The second-order valence-electron chi connectivity index (χ2n) is 6.04. The number of H-pyrrole nitrogens is 1. The molecule has 3 rings (SSSR count). The minimum Gasteiger partial charge on any atom is -0.349 e. The van der Waals surface area contributed by atoms with Gasteiger partial charge in [-0.2, -0.15) is 0 Å². The van der Waals surface area contributed by atoms with Gasteiger partial charge in [0.25, 0.3) is 5.91 Å². The molecule has 1 amide bonds. The molecule has 0 aliphatic heterocycles. The van der Waals surface area contributed by atoms with Gasteiger partial charge >= 0.3 is 0 Å². The third kappa shape index (κ3) is 2.44. The summed E-state index contributed by atoms with van der Waals surface area (Å²) in [5.41, 5.74) is 0.340. The van der Waals surface area contributed by atoms with Crippen LogP contribution in [0.5, 0.6) is 0 Å². The number of hydrogen-bond donors (Lipinski definition) is 2. The molecule has 0 radical (unpaired) electrons. The number of rotatable bonds is 3. The van der Waals surface area contributed by atoms with Crippen LogP contribution >= 0.6 is 0 Å². The molecule has 19 heavy (non-hydrogen) atoms. The molecule has 0 saturated heterocycles. The lowest BCUT2D eigenvalue weighted by atomic mass is 9.84. The molecule has 0 unspecified atom stereocenters. The first-order chi connectivity index (χ1) is 9.13. The van der Waals surface area contributed by atoms with E-state index in [-0.39, 0.29) is 17.5 Å². The lowest BCUT2D eigenvalue weighted by molar-refractivity contribution is 0.0915. The van der Waals surface area contributed by atoms with Crippen LogP contribution in [-0.2, 0) is 0 Å². The summed E-state index contributed by atoms with van der Waals surface area (Å²) in [5, 5.41) is 3.08. The zero-order valence-electron chi connectivity index (χ0n) is 11.2. The third-order valence-corrected chi connectivity index (χ3v) is 4.84. The molecule has 1 aromatic heterocycles. The highest BCUT2D eigenvalue weighted by atomic mass is 16.2. The van der Waals surface area contributed by atoms with E-state index in [9.17, 15) is 9.59 Å². The maximum Gasteiger partial charge on any atom is 0.252 e. The van der Waals surface area contributed by atoms with Gasteiger partial charge in [0, 0.05) is 18.3 Å². The first-order valence-electron chi connectivity index (χ1n) is 7.13. The van der Waals surface area contributed by atoms with Gasteiger partial charge in [-0.25, -0.2) is 0 Å². The van der Waals surface area contributed by atoms with Crippen LogP contribution in [0.15, 0.2) is 23.1 Å². The van der Waals surface area contributed by atoms with Crippen LogP contribution < -0.4 is 10.9 Å². The lowest BCUT2D eigenvalue weighted by Crippen LogP contribution is -2.40. The number of fused-ring (bicyclic) bond motifs is 2. The number of hydrogen-bond acceptors (Lipinski definition) is 2. The zero-order chi connectivity index (χ0) is 13.4. The highest BCUT2D eigenvalue weighted by Crippen LogP contribution is 2.49. The molecular formula is C15H20N2O2. The van der Waals surface area contributed by atoms with Crippen LogP contribution in [0.25, 0.3) is 0 Å². The smallest absolute Gasteiger partial charge is 0.252 e. The SMILES string of the molecule is C[C@@H](NC(=O)c1ccc(=O)[nH]c1)[C@H]1C[C@@H]2CC[C@@H]1C2. The Labute approximate surface area is 112 Å². The Bertz CT molecular complexity index is 517. The number of carbonyl (C=O) groups excluding carboxylic acids is 1. The monoisotopic (exact) mass is 260 g/mol. The van der Waals surface area contributed by atoms with Crippen molar-refractivity contribution in [2.75, 3.05) is 0 Å². The van der Waals surface area contributed by atoms with E-state index in [2.05, 4.69) is 17.2 Å². The molecule has 4 nitrogen and oxygen atoms in total. The van der Waals surface area contributed by atoms with Gasteiger partial charge in [0.2, 0.25) is 5.56 Å². The van der Waals surface area contributed by atoms with Crippen LogP contribution in [0.4, 0.5) is 0 Å². The number of carbonyl (C=O) groups is 1. The summed E-state index contributed by atoms with van der Waals surface area (Å²) in [7, 11) is 0. The maximum absolute atomic E-state index is 12.1. The largest absolute Gasteiger partial charge is 0.349 e. The molecule has 4 heteroatoms. The van der Waals surface area contributed by atoms with E-state index in [1.54, 1.807) is 6.07 Å². The van der Waals surface area contributed by atoms with Gasteiger partial charge in [0.1, 0.15) is 0 Å². The molecule has 1 aromatic rings. The van der Waals surface area contributed by atoms with E-state index in [1.165, 1.54) is 37.9 Å². The molecule has 2 aliphatic rings. The molecule has 2 fully saturated rings. The van der Waals surface area contributed by atoms with Crippen LogP contribution in [0.1, 0.15) is 43.0 Å². The van der Waals surface area contributed by atoms with E-state index in [1.807, 2.05) is 0 Å². The van der Waals surface area contributed by atoms with Crippen LogP contribution in [0.2, 0.25) is 0 Å². The highest BCUT2D eigenvalue weighted by molar-refractivity contribution is 5.93. The van der Waals surface area contributed by atoms with Crippen molar-refractivity contribution in [1.82, 2.24) is 10.3 Å². The summed E-state index contributed by atoms with van der Waals surface area (Å²) in [6.07, 6.45) is 6.79. The van der Waals surface area contributed by atoms with Crippen molar-refractivity contribution in [1.29, 1.82) is 0 Å². The van der Waals surface area contributed by atoms with Crippen molar-refractivity contribution in [2.24, 2.45) is 17.8 Å². The van der Waals surface area contributed by atoms with E-state index in [0.29, 0.717) is 11.5 Å². The van der Waals surface area contributed by atoms with Crippen molar-refractivity contribution in [3.8, 4) is 0 Å². The molecule has 2 saturated carbocycles. The molecule has 2 aliphatic carbocycles. The summed E-state index contributed by atoms with van der Waals surface area (Å²) in [6.45, 7) is 2.11. The average molecular weight is 260 g/mol. The van der Waals surface area contributed by atoms with Crippen molar-refractivity contribution in [2.45, 2.75) is 38.6 Å². The van der Waals surface area contributed by atoms with Crippen LogP contribution in [-0.4, -0.2) is 16.9 Å². The van der Waals surface area contributed by atoms with Crippen LogP contribution in [0, 0.1) is 17.8 Å². The molecule has 2 bridgehead atoms. The van der Waals surface area contributed by atoms with Crippen molar-refractivity contribution in [3.63, 3.8) is 0 Å². The van der Waals surface area contributed by atoms with Gasteiger partial charge in [-0.1, -0.05) is 6.42 Å². The molecule has 0 aromatic carbocycles. The Kier molecular flexibility index (Phi) is 3.17. The average Bonchev–Trinajstić information content (AvgIpc) is 3.01. The number of aromatic nitrogens is 1. The summed E-state index contributed by atoms with van der Waals surface area (Å²) in [4.78, 5) is 25.6. The predicted molar refractivity (Wildman–Crippen MR) is 72.9 cm³/mol. The van der Waals surface area contributed by atoms with E-state index in [4.69, 9.17) is 0 Å². The Balaban J connectivity index is 1.63. The van der Waals surface area contributed by atoms with Crippen molar-refractivity contribution < 1.29 is 4.79 Å². The predicted octanol–water partition coefficient (Wildman–Crippen LogP) is 1.93. The number of nitrogens with one attached hydrogen (secondary N) is 2. The summed E-state index contributed by atoms with van der Waals surface area (Å²) < 4.78 is 0. The fourth-order valence-electron chi connectivity index (χ4n) is 3.86. The fraction of sp³-hybridized carbons (Fsp3) is 0.600. The number of amides is 1. The third-order valence-electron chi connectivity index (χ3n) is 4.84. The molecule has 2 N–H and O–H groups in total. The second kappa shape index (κ2) is 4.83. The van der Waals surface area contributed by atoms with E-state index >= 15 is 0 Å². The maximum atomic E-state index is 12.1. The normalized spacial score (nSPS) is 30.3. The van der Waals surface area contributed by atoms with Crippen molar-refractivity contribution in [3.05, 3.63) is 34.2 Å². The van der Waals surface area contributed by atoms with Gasteiger partial charge < -0.3 is 10.3 Å². The Morgan fingerprint density at radius 2 is 2.21 bits per heavy atom. The van der Waals surface area contributed by atoms with Crippen molar-refractivity contribution >= 4 is 5.91 Å². The van der Waals surface area contributed by atoms with E-state index < -0.39 is 0 Å². The molecule has 102 valence electrons. The zero-order valence-corrected chi connectivity index (χ0v) is 11.2. The molecular weight excluding hydrogens is 240 g/mol. The minimum absolute atomic E-state index is 0.0912. The quantitative estimate of drug-likeness (QED) is 0.872. The van der Waals surface area contributed by atoms with Gasteiger partial charge in [0.05, 0.1) is 5.56 Å². The number of pyridine rings is 1. The molecule has 1 heterocycles. The van der Waals surface area contributed by atoms with Gasteiger partial charge in [-0.3, -0.25) is 9.59 Å². The molecule has 0 spiro atoms. The minimum atomic E-state index is -0.183. The Hall–Kier alpha value is -1.58. The summed E-state index contributed by atoms with van der Waals surface area (Å²) >= 11 is 0. The van der Waals surface area contributed by atoms with Crippen LogP contribution in [0.3, 0.4) is 0 Å². The summed E-state index contributed by atoms with van der Waals surface area (Å²) in [5.74, 6) is 2.23. The molecule has 4 atom stereocenters. The first kappa shape index (κ1) is 12.5. The topological polar surface area (TPSA) is 62.0 Å². The summed E-state index contributed by atoms with van der Waals surface area (Å²) in [6, 6.07) is 3.17. The Morgan fingerprint density at radius 3 is 2.79 bits per heavy atom. The first-order valence-corrected chi connectivity index (χ1v) is 7.13.